The topological polar surface area (TPSA) is 87.9 Å². The summed E-state index contributed by atoms with van der Waals surface area (Å²) in [6.45, 7) is 8.08. The maximum absolute atomic E-state index is 13.1. The van der Waals surface area contributed by atoms with E-state index in [0.29, 0.717) is 17.8 Å². The predicted octanol–water partition coefficient (Wildman–Crippen LogP) is 2.18. The molecule has 1 atom stereocenters. The molecule has 3 heterocycles. The fourth-order valence-electron chi connectivity index (χ4n) is 4.63. The van der Waals surface area contributed by atoms with Gasteiger partial charge in [-0.1, -0.05) is 30.3 Å². The number of hydrogen-bond donors (Lipinski definition) is 1. The molecule has 2 aliphatic rings. The van der Waals surface area contributed by atoms with Gasteiger partial charge in [0, 0.05) is 38.9 Å². The lowest BCUT2D eigenvalue weighted by molar-refractivity contribution is -0.140. The van der Waals surface area contributed by atoms with E-state index in [1.165, 1.54) is 0 Å². The number of aliphatic hydroxyl groups is 1. The fraction of sp³-hybridized carbons (Fsp3) is 0.458. The summed E-state index contributed by atoms with van der Waals surface area (Å²) in [4.78, 5) is 30.1. The van der Waals surface area contributed by atoms with Crippen molar-refractivity contribution in [1.29, 1.82) is 0 Å². The van der Waals surface area contributed by atoms with Crippen LogP contribution in [-0.2, 0) is 21.4 Å². The standard InChI is InChI=1S/C24H30N4O4/c1-16-19(17(2)26(3)25-16)22(29)20-21(18-8-5-4-6-9-18)28(24(31)23(20)30)11-7-10-27-12-14-32-15-13-27/h4-6,8-9,21,29H,7,10-15H2,1-3H3/t21-/m1/s1. The van der Waals surface area contributed by atoms with Crippen molar-refractivity contribution in [3.8, 4) is 0 Å². The third-order valence-corrected chi connectivity index (χ3v) is 6.38. The van der Waals surface area contributed by atoms with Gasteiger partial charge in [0.05, 0.1) is 36.1 Å². The van der Waals surface area contributed by atoms with Crippen LogP contribution in [0.2, 0.25) is 0 Å². The van der Waals surface area contributed by atoms with Crippen LogP contribution in [0.15, 0.2) is 35.9 Å². The molecule has 1 amide bonds. The molecule has 1 aromatic carbocycles. The third-order valence-electron chi connectivity index (χ3n) is 6.38. The SMILES string of the molecule is Cc1nn(C)c(C)c1C(O)=C1C(=O)C(=O)N(CCCN2CCOCC2)[C@@H]1c1ccccc1. The van der Waals surface area contributed by atoms with E-state index in [1.807, 2.05) is 37.3 Å². The number of nitrogens with zero attached hydrogens (tertiary/aromatic N) is 4. The van der Waals surface area contributed by atoms with Gasteiger partial charge < -0.3 is 14.7 Å². The van der Waals surface area contributed by atoms with Crippen LogP contribution in [0.4, 0.5) is 0 Å². The summed E-state index contributed by atoms with van der Waals surface area (Å²) in [5.74, 6) is -1.37. The van der Waals surface area contributed by atoms with Gasteiger partial charge in [0.25, 0.3) is 11.7 Å². The minimum atomic E-state index is -0.648. The van der Waals surface area contributed by atoms with Gasteiger partial charge in [0.2, 0.25) is 0 Å². The molecule has 0 saturated carbocycles. The number of amides is 1. The lowest BCUT2D eigenvalue weighted by Gasteiger charge is -2.29. The second-order valence-electron chi connectivity index (χ2n) is 8.38. The van der Waals surface area contributed by atoms with E-state index in [0.717, 1.165) is 50.5 Å². The molecule has 0 aliphatic carbocycles. The normalized spacial score (nSPS) is 21.5. The first-order chi connectivity index (χ1) is 15.4. The Morgan fingerprint density at radius 1 is 1.12 bits per heavy atom. The first kappa shape index (κ1) is 22.2. The highest BCUT2D eigenvalue weighted by Crippen LogP contribution is 2.40. The number of Topliss-reactive ketones (excluding diaryl/α,β-unsaturated/α-hetero) is 1. The summed E-state index contributed by atoms with van der Waals surface area (Å²) in [5, 5.41) is 15.6. The molecule has 0 spiro atoms. The van der Waals surface area contributed by atoms with Crippen LogP contribution in [-0.4, -0.2) is 75.8 Å². The molecule has 0 unspecified atom stereocenters. The minimum Gasteiger partial charge on any atom is -0.507 e. The number of likely N-dealkylation sites (tertiary alicyclic amines) is 1. The van der Waals surface area contributed by atoms with Crippen molar-refractivity contribution < 1.29 is 19.4 Å². The maximum Gasteiger partial charge on any atom is 0.295 e. The van der Waals surface area contributed by atoms with Crippen molar-refractivity contribution >= 4 is 17.4 Å². The highest BCUT2D eigenvalue weighted by Gasteiger charge is 2.46. The van der Waals surface area contributed by atoms with Gasteiger partial charge in [-0.05, 0) is 25.8 Å². The second-order valence-corrected chi connectivity index (χ2v) is 8.38. The lowest BCUT2D eigenvalue weighted by Crippen LogP contribution is -2.38. The number of hydrogen-bond acceptors (Lipinski definition) is 6. The quantitative estimate of drug-likeness (QED) is 0.423. The average Bonchev–Trinajstić information content (AvgIpc) is 3.20. The van der Waals surface area contributed by atoms with Crippen LogP contribution in [0.3, 0.4) is 0 Å². The Labute approximate surface area is 188 Å². The molecule has 2 fully saturated rings. The number of morpholine rings is 1. The molecule has 170 valence electrons. The summed E-state index contributed by atoms with van der Waals surface area (Å²) in [5.41, 5.74) is 2.81. The summed E-state index contributed by atoms with van der Waals surface area (Å²) in [7, 11) is 1.79. The van der Waals surface area contributed by atoms with E-state index >= 15 is 0 Å². The number of rotatable bonds is 6. The second kappa shape index (κ2) is 9.26. The van der Waals surface area contributed by atoms with E-state index in [2.05, 4.69) is 10.00 Å². The molecule has 0 bridgehead atoms. The van der Waals surface area contributed by atoms with Gasteiger partial charge in [0.15, 0.2) is 0 Å². The van der Waals surface area contributed by atoms with Crippen LogP contribution < -0.4 is 0 Å². The Bertz CT molecular complexity index is 1040. The highest BCUT2D eigenvalue weighted by atomic mass is 16.5. The predicted molar refractivity (Wildman–Crippen MR) is 120 cm³/mol. The number of aliphatic hydroxyl groups excluding tert-OH is 1. The number of ketones is 1. The molecule has 1 N–H and O–H groups in total. The number of aryl methyl sites for hydroxylation is 2. The molecule has 1 aromatic heterocycles. The molecule has 4 rings (SSSR count). The Kier molecular flexibility index (Phi) is 6.43. The number of ether oxygens (including phenoxy) is 1. The number of aromatic nitrogens is 2. The molecule has 2 aliphatic heterocycles. The van der Waals surface area contributed by atoms with Crippen molar-refractivity contribution in [3.63, 3.8) is 0 Å². The molecule has 8 heteroatoms. The van der Waals surface area contributed by atoms with Crippen molar-refractivity contribution in [2.45, 2.75) is 26.3 Å². The van der Waals surface area contributed by atoms with Crippen LogP contribution in [0, 0.1) is 13.8 Å². The average molecular weight is 439 g/mol. The third kappa shape index (κ3) is 4.08. The van der Waals surface area contributed by atoms with Crippen molar-refractivity contribution in [1.82, 2.24) is 19.6 Å². The van der Waals surface area contributed by atoms with Gasteiger partial charge in [-0.25, -0.2) is 0 Å². The summed E-state index contributed by atoms with van der Waals surface area (Å²) >= 11 is 0. The number of carbonyl (C=O) groups excluding carboxylic acids is 2. The molecular formula is C24H30N4O4. The van der Waals surface area contributed by atoms with Crippen LogP contribution in [0.5, 0.6) is 0 Å². The molecule has 2 aromatic rings. The first-order valence-corrected chi connectivity index (χ1v) is 11.0. The van der Waals surface area contributed by atoms with Gasteiger partial charge in [-0.3, -0.25) is 19.2 Å². The smallest absolute Gasteiger partial charge is 0.295 e. The Balaban J connectivity index is 1.69. The monoisotopic (exact) mass is 438 g/mol. The van der Waals surface area contributed by atoms with E-state index in [4.69, 9.17) is 4.74 Å². The van der Waals surface area contributed by atoms with Crippen molar-refractivity contribution in [2.24, 2.45) is 7.05 Å². The van der Waals surface area contributed by atoms with Gasteiger partial charge in [0.1, 0.15) is 5.76 Å². The molecule has 2 saturated heterocycles. The van der Waals surface area contributed by atoms with E-state index in [9.17, 15) is 14.7 Å². The summed E-state index contributed by atoms with van der Waals surface area (Å²) in [6, 6.07) is 8.81. The van der Waals surface area contributed by atoms with Crippen LogP contribution in [0.25, 0.3) is 5.76 Å². The van der Waals surface area contributed by atoms with E-state index in [-0.39, 0.29) is 11.3 Å². The Morgan fingerprint density at radius 3 is 2.44 bits per heavy atom. The van der Waals surface area contributed by atoms with Crippen LogP contribution in [0.1, 0.15) is 35.0 Å². The first-order valence-electron chi connectivity index (χ1n) is 11.0. The van der Waals surface area contributed by atoms with Crippen molar-refractivity contribution in [2.75, 3.05) is 39.4 Å². The van der Waals surface area contributed by atoms with Gasteiger partial charge in [-0.15, -0.1) is 0 Å². The zero-order chi connectivity index (χ0) is 22.8. The molecule has 0 radical (unpaired) electrons. The molecule has 32 heavy (non-hydrogen) atoms. The largest absolute Gasteiger partial charge is 0.507 e. The Hall–Kier alpha value is -2.97. The van der Waals surface area contributed by atoms with E-state index in [1.54, 1.807) is 23.6 Å². The van der Waals surface area contributed by atoms with Gasteiger partial charge in [-0.2, -0.15) is 5.10 Å². The Morgan fingerprint density at radius 2 is 1.81 bits per heavy atom. The van der Waals surface area contributed by atoms with E-state index < -0.39 is 17.7 Å². The molecule has 8 nitrogen and oxygen atoms in total. The molecular weight excluding hydrogens is 408 g/mol. The summed E-state index contributed by atoms with van der Waals surface area (Å²) < 4.78 is 7.06. The van der Waals surface area contributed by atoms with Crippen LogP contribution >= 0.6 is 0 Å². The highest BCUT2D eigenvalue weighted by molar-refractivity contribution is 6.46. The summed E-state index contributed by atoms with van der Waals surface area (Å²) in [6.07, 6.45) is 0.737. The maximum atomic E-state index is 13.1. The fourth-order valence-corrected chi connectivity index (χ4v) is 4.63. The van der Waals surface area contributed by atoms with Gasteiger partial charge >= 0.3 is 0 Å². The zero-order valence-corrected chi connectivity index (χ0v) is 18.9. The number of benzene rings is 1. The zero-order valence-electron chi connectivity index (χ0n) is 18.9. The van der Waals surface area contributed by atoms with Crippen molar-refractivity contribution in [3.05, 3.63) is 58.4 Å². The lowest BCUT2D eigenvalue weighted by atomic mass is 9.94. The minimum absolute atomic E-state index is 0.131. The number of carbonyl (C=O) groups is 2.